The summed E-state index contributed by atoms with van der Waals surface area (Å²) >= 11 is 0. The first-order chi connectivity index (χ1) is 9.90. The second kappa shape index (κ2) is 7.09. The minimum atomic E-state index is -3.14. The van der Waals surface area contributed by atoms with Gasteiger partial charge < -0.3 is 4.90 Å². The van der Waals surface area contributed by atoms with Gasteiger partial charge >= 0.3 is 0 Å². The largest absolute Gasteiger partial charge is 0.340 e. The molecule has 2 aliphatic rings. The third kappa shape index (κ3) is 4.42. The van der Waals surface area contributed by atoms with Crippen molar-refractivity contribution in [1.29, 1.82) is 0 Å². The topological polar surface area (TPSA) is 57.7 Å². The summed E-state index contributed by atoms with van der Waals surface area (Å²) in [5.74, 6) is 0.979. The predicted octanol–water partition coefficient (Wildman–Crippen LogP) is 1.70. The van der Waals surface area contributed by atoms with Crippen LogP contribution >= 0.6 is 0 Å². The van der Waals surface area contributed by atoms with Gasteiger partial charge in [0.1, 0.15) is 0 Å². The molecule has 0 aromatic heterocycles. The van der Waals surface area contributed by atoms with E-state index in [2.05, 4.69) is 0 Å². The number of hydrogen-bond acceptors (Lipinski definition) is 3. The molecule has 0 N–H and O–H groups in total. The summed E-state index contributed by atoms with van der Waals surface area (Å²) in [4.78, 5) is 13.7. The van der Waals surface area contributed by atoms with E-state index < -0.39 is 10.0 Å². The van der Waals surface area contributed by atoms with Gasteiger partial charge in [0.15, 0.2) is 0 Å². The van der Waals surface area contributed by atoms with Gasteiger partial charge in [0.25, 0.3) is 0 Å². The normalized spacial score (nSPS) is 22.1. The van der Waals surface area contributed by atoms with E-state index >= 15 is 0 Å². The molecule has 6 heteroatoms. The molecule has 0 radical (unpaired) electrons. The summed E-state index contributed by atoms with van der Waals surface area (Å²) in [6.45, 7) is 5.72. The molecule has 1 aliphatic heterocycles. The molecular weight excluding hydrogens is 288 g/mol. The van der Waals surface area contributed by atoms with Crippen LogP contribution in [-0.2, 0) is 14.8 Å². The lowest BCUT2D eigenvalue weighted by Gasteiger charge is -2.35. The average Bonchev–Trinajstić information content (AvgIpc) is 2.98. The van der Waals surface area contributed by atoms with Crippen molar-refractivity contribution in [2.75, 3.05) is 31.9 Å². The predicted molar refractivity (Wildman–Crippen MR) is 83.4 cm³/mol. The summed E-state index contributed by atoms with van der Waals surface area (Å²) in [6.07, 6.45) is 5.67. The quantitative estimate of drug-likeness (QED) is 0.775. The zero-order chi connectivity index (χ0) is 15.5. The molecule has 21 heavy (non-hydrogen) atoms. The standard InChI is InChI=1S/C15H28N2O3S/c1-13(2)15(18)16-8-10-17(11-9-16)21(19,20)12-7-14-5-3-4-6-14/h13-14H,3-12H2,1-2H3. The van der Waals surface area contributed by atoms with E-state index in [0.29, 0.717) is 32.1 Å². The molecule has 0 bridgehead atoms. The molecule has 1 amide bonds. The molecule has 0 spiro atoms. The van der Waals surface area contributed by atoms with Crippen molar-refractivity contribution in [2.45, 2.75) is 46.0 Å². The molecule has 5 nitrogen and oxygen atoms in total. The van der Waals surface area contributed by atoms with Gasteiger partial charge in [-0.05, 0) is 12.3 Å². The van der Waals surface area contributed by atoms with Gasteiger partial charge in [-0.15, -0.1) is 0 Å². The molecule has 1 aliphatic carbocycles. The Bertz CT molecular complexity index is 448. The molecular formula is C15H28N2O3S. The van der Waals surface area contributed by atoms with Gasteiger partial charge in [0.05, 0.1) is 5.75 Å². The SMILES string of the molecule is CC(C)C(=O)N1CCN(S(=O)(=O)CCC2CCCC2)CC1. The first kappa shape index (κ1) is 16.7. The van der Waals surface area contributed by atoms with E-state index in [9.17, 15) is 13.2 Å². The Morgan fingerprint density at radius 2 is 1.67 bits per heavy atom. The molecule has 2 fully saturated rings. The van der Waals surface area contributed by atoms with Gasteiger partial charge in [-0.25, -0.2) is 8.42 Å². The van der Waals surface area contributed by atoms with Crippen LogP contribution in [0.15, 0.2) is 0 Å². The van der Waals surface area contributed by atoms with E-state index in [-0.39, 0.29) is 17.6 Å². The summed E-state index contributed by atoms with van der Waals surface area (Å²) in [5, 5.41) is 0. The summed E-state index contributed by atoms with van der Waals surface area (Å²) in [6, 6.07) is 0. The highest BCUT2D eigenvalue weighted by molar-refractivity contribution is 7.89. The number of sulfonamides is 1. The number of hydrogen-bond donors (Lipinski definition) is 0. The van der Waals surface area contributed by atoms with Crippen molar-refractivity contribution in [3.63, 3.8) is 0 Å². The van der Waals surface area contributed by atoms with Crippen LogP contribution in [0, 0.1) is 11.8 Å². The number of piperazine rings is 1. The second-order valence-corrected chi connectivity index (χ2v) is 8.72. The Kier molecular flexibility index (Phi) is 5.66. The second-order valence-electron chi connectivity index (χ2n) is 6.63. The lowest BCUT2D eigenvalue weighted by molar-refractivity contribution is -0.135. The lowest BCUT2D eigenvalue weighted by Crippen LogP contribution is -2.51. The minimum Gasteiger partial charge on any atom is -0.340 e. The maximum atomic E-state index is 12.4. The third-order valence-electron chi connectivity index (χ3n) is 4.70. The third-order valence-corrected chi connectivity index (χ3v) is 6.60. The van der Waals surface area contributed by atoms with Gasteiger partial charge in [0.2, 0.25) is 15.9 Å². The first-order valence-corrected chi connectivity index (χ1v) is 9.77. The van der Waals surface area contributed by atoms with Crippen molar-refractivity contribution < 1.29 is 13.2 Å². The van der Waals surface area contributed by atoms with Crippen LogP contribution in [0.1, 0.15) is 46.0 Å². The fourth-order valence-corrected chi connectivity index (χ4v) is 4.90. The van der Waals surface area contributed by atoms with Crippen molar-refractivity contribution in [3.05, 3.63) is 0 Å². The molecule has 0 aromatic carbocycles. The van der Waals surface area contributed by atoms with Crippen LogP contribution in [-0.4, -0.2) is 55.5 Å². The number of rotatable bonds is 5. The number of nitrogens with zero attached hydrogens (tertiary/aromatic N) is 2. The molecule has 1 saturated carbocycles. The van der Waals surface area contributed by atoms with Crippen LogP contribution in [0.2, 0.25) is 0 Å². The highest BCUT2D eigenvalue weighted by Crippen LogP contribution is 2.28. The van der Waals surface area contributed by atoms with Crippen LogP contribution in [0.25, 0.3) is 0 Å². The van der Waals surface area contributed by atoms with E-state index in [1.165, 1.54) is 25.7 Å². The molecule has 122 valence electrons. The smallest absolute Gasteiger partial charge is 0.225 e. The summed E-state index contributed by atoms with van der Waals surface area (Å²) < 4.78 is 26.3. The molecule has 2 rings (SSSR count). The highest BCUT2D eigenvalue weighted by atomic mass is 32.2. The fraction of sp³-hybridized carbons (Fsp3) is 0.933. The Hall–Kier alpha value is -0.620. The highest BCUT2D eigenvalue weighted by Gasteiger charge is 2.30. The maximum absolute atomic E-state index is 12.4. The summed E-state index contributed by atoms with van der Waals surface area (Å²) in [7, 11) is -3.14. The van der Waals surface area contributed by atoms with Gasteiger partial charge in [0, 0.05) is 32.1 Å². The zero-order valence-corrected chi connectivity index (χ0v) is 14.1. The van der Waals surface area contributed by atoms with Crippen molar-refractivity contribution in [2.24, 2.45) is 11.8 Å². The van der Waals surface area contributed by atoms with Crippen LogP contribution in [0.5, 0.6) is 0 Å². The van der Waals surface area contributed by atoms with E-state index in [0.717, 1.165) is 6.42 Å². The molecule has 0 unspecified atom stereocenters. The summed E-state index contributed by atoms with van der Waals surface area (Å²) in [5.41, 5.74) is 0. The monoisotopic (exact) mass is 316 g/mol. The van der Waals surface area contributed by atoms with E-state index in [1.807, 2.05) is 13.8 Å². The van der Waals surface area contributed by atoms with Crippen molar-refractivity contribution in [3.8, 4) is 0 Å². The Morgan fingerprint density at radius 1 is 1.10 bits per heavy atom. The number of carbonyl (C=O) groups excluding carboxylic acids is 1. The van der Waals surface area contributed by atoms with Gasteiger partial charge in [-0.3, -0.25) is 4.79 Å². The fourth-order valence-electron chi connectivity index (χ4n) is 3.30. The Morgan fingerprint density at radius 3 is 2.19 bits per heavy atom. The van der Waals surface area contributed by atoms with E-state index in [4.69, 9.17) is 0 Å². The number of carbonyl (C=O) groups is 1. The van der Waals surface area contributed by atoms with Crippen molar-refractivity contribution in [1.82, 2.24) is 9.21 Å². The molecule has 0 aromatic rings. The van der Waals surface area contributed by atoms with Crippen LogP contribution in [0.4, 0.5) is 0 Å². The molecule has 1 saturated heterocycles. The molecule has 0 atom stereocenters. The number of amides is 1. The van der Waals surface area contributed by atoms with Gasteiger partial charge in [-0.2, -0.15) is 4.31 Å². The minimum absolute atomic E-state index is 0.0180. The Labute approximate surface area is 128 Å². The van der Waals surface area contributed by atoms with Crippen LogP contribution in [0.3, 0.4) is 0 Å². The average molecular weight is 316 g/mol. The van der Waals surface area contributed by atoms with Gasteiger partial charge in [-0.1, -0.05) is 39.5 Å². The first-order valence-electron chi connectivity index (χ1n) is 8.17. The maximum Gasteiger partial charge on any atom is 0.225 e. The van der Waals surface area contributed by atoms with E-state index in [1.54, 1.807) is 9.21 Å². The lowest BCUT2D eigenvalue weighted by atomic mass is 10.1. The molecule has 1 heterocycles. The van der Waals surface area contributed by atoms with Crippen molar-refractivity contribution >= 4 is 15.9 Å². The van der Waals surface area contributed by atoms with Crippen LogP contribution < -0.4 is 0 Å². The Balaban J connectivity index is 1.81. The zero-order valence-electron chi connectivity index (χ0n) is 13.3.